The Morgan fingerprint density at radius 2 is 1.78 bits per heavy atom. The average molecular weight is 246 g/mol. The first-order chi connectivity index (χ1) is 8.61. The number of hydrogen-bond acceptors (Lipinski definition) is 2. The number of nitrogens with zero attached hydrogens (tertiary/aromatic N) is 1. The smallest absolute Gasteiger partial charge is 0.0348 e. The molecule has 1 aliphatic rings. The van der Waals surface area contributed by atoms with Gasteiger partial charge in [-0.25, -0.2) is 0 Å². The largest absolute Gasteiger partial charge is 0.314 e. The molecule has 2 rings (SSSR count). The molecule has 1 aliphatic heterocycles. The summed E-state index contributed by atoms with van der Waals surface area (Å²) in [6, 6.07) is 5.36. The van der Waals surface area contributed by atoms with Crippen LogP contribution in [0.2, 0.25) is 0 Å². The first-order valence-corrected chi connectivity index (χ1v) is 7.13. The van der Waals surface area contributed by atoms with Crippen LogP contribution in [0.5, 0.6) is 0 Å². The molecule has 1 N–H and O–H groups in total. The van der Waals surface area contributed by atoms with Gasteiger partial charge in [0.25, 0.3) is 0 Å². The minimum atomic E-state index is 0.741. The van der Waals surface area contributed by atoms with Gasteiger partial charge in [0.1, 0.15) is 0 Å². The summed E-state index contributed by atoms with van der Waals surface area (Å²) in [6.45, 7) is 13.6. The summed E-state index contributed by atoms with van der Waals surface area (Å²) in [5.41, 5.74) is 5.80. The SMILES string of the molecule is CCCN(Cc1c(C)cc(C)cc1C)C1CNC1. The van der Waals surface area contributed by atoms with Crippen LogP contribution in [0.15, 0.2) is 12.1 Å². The van der Waals surface area contributed by atoms with Gasteiger partial charge in [0.2, 0.25) is 0 Å². The van der Waals surface area contributed by atoms with Gasteiger partial charge in [-0.15, -0.1) is 0 Å². The van der Waals surface area contributed by atoms with E-state index in [4.69, 9.17) is 0 Å². The Labute approximate surface area is 111 Å². The molecule has 0 aliphatic carbocycles. The minimum absolute atomic E-state index is 0.741. The van der Waals surface area contributed by atoms with E-state index >= 15 is 0 Å². The molecule has 2 nitrogen and oxygen atoms in total. The Morgan fingerprint density at radius 1 is 1.17 bits per heavy atom. The zero-order valence-corrected chi connectivity index (χ0v) is 12.2. The summed E-state index contributed by atoms with van der Waals surface area (Å²) in [5, 5.41) is 3.38. The molecule has 2 heteroatoms. The third-order valence-electron chi connectivity index (χ3n) is 3.99. The van der Waals surface area contributed by atoms with Gasteiger partial charge >= 0.3 is 0 Å². The van der Waals surface area contributed by atoms with Crippen molar-refractivity contribution in [1.82, 2.24) is 10.2 Å². The number of aryl methyl sites for hydroxylation is 3. The quantitative estimate of drug-likeness (QED) is 0.859. The maximum atomic E-state index is 3.38. The van der Waals surface area contributed by atoms with Gasteiger partial charge in [0, 0.05) is 25.7 Å². The Hall–Kier alpha value is -0.860. The zero-order chi connectivity index (χ0) is 13.1. The molecule has 1 saturated heterocycles. The molecule has 0 aromatic heterocycles. The molecule has 0 amide bonds. The third-order valence-corrected chi connectivity index (χ3v) is 3.99. The van der Waals surface area contributed by atoms with E-state index in [-0.39, 0.29) is 0 Å². The maximum absolute atomic E-state index is 3.38. The molecule has 1 heterocycles. The van der Waals surface area contributed by atoms with Crippen molar-refractivity contribution in [3.8, 4) is 0 Å². The van der Waals surface area contributed by atoms with E-state index in [1.54, 1.807) is 0 Å². The van der Waals surface area contributed by atoms with Crippen molar-refractivity contribution in [2.24, 2.45) is 0 Å². The third kappa shape index (κ3) is 2.93. The van der Waals surface area contributed by atoms with Gasteiger partial charge in [0.05, 0.1) is 0 Å². The molecule has 0 unspecified atom stereocenters. The standard InChI is InChI=1S/C16H26N2/c1-5-6-18(15-9-17-10-15)11-16-13(3)7-12(2)8-14(16)4/h7-8,15,17H,5-6,9-11H2,1-4H3. The molecular formula is C16H26N2. The summed E-state index contributed by atoms with van der Waals surface area (Å²) in [5.74, 6) is 0. The van der Waals surface area contributed by atoms with Crippen molar-refractivity contribution in [2.45, 2.75) is 46.7 Å². The van der Waals surface area contributed by atoms with E-state index in [9.17, 15) is 0 Å². The Bertz CT molecular complexity index is 385. The van der Waals surface area contributed by atoms with Crippen LogP contribution in [0.4, 0.5) is 0 Å². The van der Waals surface area contributed by atoms with E-state index in [1.165, 1.54) is 35.2 Å². The van der Waals surface area contributed by atoms with Gasteiger partial charge in [-0.1, -0.05) is 24.6 Å². The van der Waals surface area contributed by atoms with Crippen LogP contribution in [0.3, 0.4) is 0 Å². The van der Waals surface area contributed by atoms with Crippen LogP contribution in [0.25, 0.3) is 0 Å². The van der Waals surface area contributed by atoms with E-state index in [2.05, 4.69) is 50.0 Å². The van der Waals surface area contributed by atoms with Crippen LogP contribution < -0.4 is 5.32 Å². The summed E-state index contributed by atoms with van der Waals surface area (Å²) < 4.78 is 0. The lowest BCUT2D eigenvalue weighted by atomic mass is 9.98. The summed E-state index contributed by atoms with van der Waals surface area (Å²) >= 11 is 0. The van der Waals surface area contributed by atoms with Crippen molar-refractivity contribution in [3.05, 3.63) is 34.4 Å². The zero-order valence-electron chi connectivity index (χ0n) is 12.2. The molecule has 0 spiro atoms. The highest BCUT2D eigenvalue weighted by atomic mass is 15.2. The van der Waals surface area contributed by atoms with Crippen LogP contribution >= 0.6 is 0 Å². The van der Waals surface area contributed by atoms with E-state index in [0.717, 1.165) is 25.7 Å². The van der Waals surface area contributed by atoms with Gasteiger partial charge in [-0.05, 0) is 50.4 Å². The lowest BCUT2D eigenvalue weighted by molar-refractivity contribution is 0.137. The second-order valence-electron chi connectivity index (χ2n) is 5.66. The molecular weight excluding hydrogens is 220 g/mol. The van der Waals surface area contributed by atoms with Crippen LogP contribution in [-0.4, -0.2) is 30.6 Å². The van der Waals surface area contributed by atoms with E-state index < -0.39 is 0 Å². The number of benzene rings is 1. The highest BCUT2D eigenvalue weighted by molar-refractivity contribution is 5.37. The molecule has 100 valence electrons. The Morgan fingerprint density at radius 3 is 2.22 bits per heavy atom. The topological polar surface area (TPSA) is 15.3 Å². The van der Waals surface area contributed by atoms with E-state index in [1.807, 2.05) is 0 Å². The second-order valence-corrected chi connectivity index (χ2v) is 5.66. The molecule has 0 radical (unpaired) electrons. The van der Waals surface area contributed by atoms with Crippen LogP contribution in [-0.2, 0) is 6.54 Å². The number of rotatable bonds is 5. The Balaban J connectivity index is 2.15. The molecule has 1 aromatic carbocycles. The molecule has 1 fully saturated rings. The summed E-state index contributed by atoms with van der Waals surface area (Å²) in [7, 11) is 0. The number of nitrogens with one attached hydrogen (secondary N) is 1. The lowest BCUT2D eigenvalue weighted by Gasteiger charge is -2.38. The van der Waals surface area contributed by atoms with Crippen molar-refractivity contribution in [3.63, 3.8) is 0 Å². The molecule has 0 atom stereocenters. The van der Waals surface area contributed by atoms with Crippen molar-refractivity contribution in [2.75, 3.05) is 19.6 Å². The molecule has 18 heavy (non-hydrogen) atoms. The van der Waals surface area contributed by atoms with Crippen LogP contribution in [0, 0.1) is 20.8 Å². The normalized spacial score (nSPS) is 16.1. The lowest BCUT2D eigenvalue weighted by Crippen LogP contribution is -2.57. The fourth-order valence-corrected chi connectivity index (χ4v) is 2.87. The fraction of sp³-hybridized carbons (Fsp3) is 0.625. The predicted molar refractivity (Wildman–Crippen MR) is 78.0 cm³/mol. The molecule has 0 saturated carbocycles. The Kier molecular flexibility index (Phi) is 4.41. The average Bonchev–Trinajstić information content (AvgIpc) is 2.20. The van der Waals surface area contributed by atoms with Gasteiger partial charge in [0.15, 0.2) is 0 Å². The maximum Gasteiger partial charge on any atom is 0.0348 e. The predicted octanol–water partition coefficient (Wildman–Crippen LogP) is 2.80. The van der Waals surface area contributed by atoms with Crippen molar-refractivity contribution >= 4 is 0 Å². The van der Waals surface area contributed by atoms with Crippen LogP contribution in [0.1, 0.15) is 35.6 Å². The monoisotopic (exact) mass is 246 g/mol. The van der Waals surface area contributed by atoms with Gasteiger partial charge in [-0.2, -0.15) is 0 Å². The highest BCUT2D eigenvalue weighted by Crippen LogP contribution is 2.20. The first kappa shape index (κ1) is 13.6. The summed E-state index contributed by atoms with van der Waals surface area (Å²) in [6.07, 6.45) is 1.24. The van der Waals surface area contributed by atoms with Gasteiger partial charge < -0.3 is 5.32 Å². The van der Waals surface area contributed by atoms with Crippen molar-refractivity contribution < 1.29 is 0 Å². The molecule has 1 aromatic rings. The first-order valence-electron chi connectivity index (χ1n) is 7.13. The molecule has 0 bridgehead atoms. The second kappa shape index (κ2) is 5.85. The van der Waals surface area contributed by atoms with Crippen molar-refractivity contribution in [1.29, 1.82) is 0 Å². The highest BCUT2D eigenvalue weighted by Gasteiger charge is 2.24. The van der Waals surface area contributed by atoms with Gasteiger partial charge in [-0.3, -0.25) is 4.90 Å². The number of hydrogen-bond donors (Lipinski definition) is 1. The summed E-state index contributed by atoms with van der Waals surface area (Å²) in [4.78, 5) is 2.64. The van der Waals surface area contributed by atoms with E-state index in [0.29, 0.717) is 0 Å². The minimum Gasteiger partial charge on any atom is -0.314 e. The fourth-order valence-electron chi connectivity index (χ4n) is 2.87.